The third kappa shape index (κ3) is 4.93. The molecule has 0 amide bonds. The Balaban J connectivity index is 2.16. The lowest BCUT2D eigenvalue weighted by molar-refractivity contribution is 0.0455. The van der Waals surface area contributed by atoms with Crippen molar-refractivity contribution in [3.05, 3.63) is 12.0 Å². The molecular formula is C18H36NO5PSi. The van der Waals surface area contributed by atoms with Gasteiger partial charge in [-0.2, -0.15) is 0 Å². The predicted octanol–water partition coefficient (Wildman–Crippen LogP) is 5.28. The van der Waals surface area contributed by atoms with Crippen molar-refractivity contribution in [2.75, 3.05) is 19.8 Å². The Hall–Kier alpha value is -0.333. The van der Waals surface area contributed by atoms with E-state index in [1.807, 2.05) is 6.08 Å². The van der Waals surface area contributed by atoms with Gasteiger partial charge in [-0.15, -0.1) is 0 Å². The van der Waals surface area contributed by atoms with Crippen molar-refractivity contribution in [2.24, 2.45) is 0 Å². The van der Waals surface area contributed by atoms with E-state index in [1.165, 1.54) is 0 Å². The molecule has 2 heterocycles. The summed E-state index contributed by atoms with van der Waals surface area (Å²) in [6.07, 6.45) is 5.06. The number of hydrogen-bond donors (Lipinski definition) is 0. The zero-order valence-corrected chi connectivity index (χ0v) is 19.3. The molecule has 0 aromatic heterocycles. The maximum Gasteiger partial charge on any atom is 0.531 e. The normalized spacial score (nSPS) is 24.4. The van der Waals surface area contributed by atoms with Gasteiger partial charge in [0.25, 0.3) is 0 Å². The minimum absolute atomic E-state index is 0.157. The summed E-state index contributed by atoms with van der Waals surface area (Å²) in [5, 5.41) is 0.177. The average Bonchev–Trinajstić information content (AvgIpc) is 2.99. The molecule has 0 spiro atoms. The third-order valence-electron chi connectivity index (χ3n) is 5.57. The zero-order chi connectivity index (χ0) is 19.6. The number of fused-ring (bicyclic) bond motifs is 1. The molecule has 2 atom stereocenters. The monoisotopic (exact) mass is 405 g/mol. The van der Waals surface area contributed by atoms with Crippen molar-refractivity contribution < 1.29 is 22.6 Å². The molecule has 152 valence electrons. The summed E-state index contributed by atoms with van der Waals surface area (Å²) >= 11 is 0. The molecule has 0 bridgehead atoms. The van der Waals surface area contributed by atoms with Crippen LogP contribution in [-0.2, 0) is 22.6 Å². The van der Waals surface area contributed by atoms with Crippen molar-refractivity contribution in [1.82, 2.24) is 4.90 Å². The number of rotatable bonds is 8. The van der Waals surface area contributed by atoms with Crippen LogP contribution in [0.4, 0.5) is 0 Å². The molecule has 2 aliphatic rings. The van der Waals surface area contributed by atoms with Gasteiger partial charge in [0.15, 0.2) is 14.2 Å². The highest BCUT2D eigenvalue weighted by Crippen LogP contribution is 2.53. The van der Waals surface area contributed by atoms with E-state index in [-0.39, 0.29) is 30.4 Å². The first kappa shape index (κ1) is 22.0. The number of phosphoric acid groups is 1. The van der Waals surface area contributed by atoms with Crippen molar-refractivity contribution in [3.8, 4) is 0 Å². The molecule has 0 unspecified atom stereocenters. The fraction of sp³-hybridized carbons (Fsp3) is 0.889. The molecule has 0 saturated carbocycles. The van der Waals surface area contributed by atoms with Gasteiger partial charge < -0.3 is 13.8 Å². The second kappa shape index (κ2) is 8.35. The second-order valence-corrected chi connectivity index (χ2v) is 14.8. The minimum atomic E-state index is -3.57. The van der Waals surface area contributed by atoms with E-state index in [1.54, 1.807) is 13.8 Å². The molecule has 0 N–H and O–H groups in total. The standard InChI is InChI=1S/C18H36NO5PSi/c1-8-21-25(20,22-9-2)23-17-13-12-16(15-11-10-14-19(15)17)24-26(6,7)18(3,4)5/h13,15-16H,8-12,14H2,1-7H3/t15-,16+/m0/s1. The van der Waals surface area contributed by atoms with Gasteiger partial charge in [0, 0.05) is 6.54 Å². The van der Waals surface area contributed by atoms with Crippen LogP contribution >= 0.6 is 7.82 Å². The highest BCUT2D eigenvalue weighted by atomic mass is 31.2. The van der Waals surface area contributed by atoms with Crippen LogP contribution in [0.15, 0.2) is 12.0 Å². The first-order chi connectivity index (χ1) is 12.0. The van der Waals surface area contributed by atoms with E-state index in [4.69, 9.17) is 18.0 Å². The zero-order valence-electron chi connectivity index (χ0n) is 17.4. The van der Waals surface area contributed by atoms with Crippen molar-refractivity contribution in [3.63, 3.8) is 0 Å². The van der Waals surface area contributed by atoms with Gasteiger partial charge in [-0.05, 0) is 57.3 Å². The third-order valence-corrected chi connectivity index (χ3v) is 11.6. The smallest absolute Gasteiger partial charge is 0.412 e. The second-order valence-electron chi connectivity index (χ2n) is 8.47. The van der Waals surface area contributed by atoms with Crippen LogP contribution < -0.4 is 0 Å². The summed E-state index contributed by atoms with van der Waals surface area (Å²) in [7, 11) is -5.41. The lowest BCUT2D eigenvalue weighted by Crippen LogP contribution is -2.51. The molecule has 0 aromatic carbocycles. The highest BCUT2D eigenvalue weighted by molar-refractivity contribution is 7.48. The minimum Gasteiger partial charge on any atom is -0.412 e. The van der Waals surface area contributed by atoms with Gasteiger partial charge >= 0.3 is 7.82 Å². The molecule has 1 saturated heterocycles. The molecule has 1 fully saturated rings. The highest BCUT2D eigenvalue weighted by Gasteiger charge is 2.45. The van der Waals surface area contributed by atoms with Crippen LogP contribution in [-0.4, -0.2) is 45.1 Å². The molecule has 6 nitrogen and oxygen atoms in total. The van der Waals surface area contributed by atoms with Crippen LogP contribution in [0, 0.1) is 0 Å². The average molecular weight is 406 g/mol. The lowest BCUT2D eigenvalue weighted by Gasteiger charge is -2.44. The number of hydrogen-bond acceptors (Lipinski definition) is 6. The molecule has 8 heteroatoms. The Kier molecular flexibility index (Phi) is 7.06. The van der Waals surface area contributed by atoms with Gasteiger partial charge in [0.1, 0.15) is 0 Å². The summed E-state index contributed by atoms with van der Waals surface area (Å²) < 4.78 is 35.8. The van der Waals surface area contributed by atoms with E-state index >= 15 is 0 Å². The van der Waals surface area contributed by atoms with Crippen LogP contribution in [0.3, 0.4) is 0 Å². The molecule has 0 radical (unpaired) electrons. The molecule has 0 aliphatic carbocycles. The van der Waals surface area contributed by atoms with Crippen LogP contribution in [0.5, 0.6) is 0 Å². The van der Waals surface area contributed by atoms with E-state index < -0.39 is 16.1 Å². The SMILES string of the molecule is CCOP(=O)(OCC)OC1=CC[C@@H](O[Si](C)(C)C(C)(C)C)[C@@H]2CCCN12. The molecular weight excluding hydrogens is 369 g/mol. The predicted molar refractivity (Wildman–Crippen MR) is 106 cm³/mol. The maximum atomic E-state index is 12.8. The van der Waals surface area contributed by atoms with Crippen LogP contribution in [0.1, 0.15) is 53.9 Å². The Morgan fingerprint density at radius 3 is 2.38 bits per heavy atom. The Morgan fingerprint density at radius 1 is 1.23 bits per heavy atom. The lowest BCUT2D eigenvalue weighted by atomic mass is 10.0. The largest absolute Gasteiger partial charge is 0.531 e. The Bertz CT molecular complexity index is 550. The quantitative estimate of drug-likeness (QED) is 0.404. The van der Waals surface area contributed by atoms with Crippen molar-refractivity contribution >= 4 is 16.1 Å². The number of phosphoric ester groups is 1. The van der Waals surface area contributed by atoms with Crippen LogP contribution in [0.2, 0.25) is 18.1 Å². The molecule has 2 aliphatic heterocycles. The summed E-state index contributed by atoms with van der Waals surface area (Å²) in [4.78, 5) is 2.19. The fourth-order valence-corrected chi connectivity index (χ4v) is 5.82. The maximum absolute atomic E-state index is 12.8. The van der Waals surface area contributed by atoms with Gasteiger partial charge in [-0.25, -0.2) is 4.57 Å². The fourth-order valence-electron chi connectivity index (χ4n) is 3.24. The van der Waals surface area contributed by atoms with E-state index in [2.05, 4.69) is 38.8 Å². The van der Waals surface area contributed by atoms with E-state index in [0.29, 0.717) is 5.88 Å². The first-order valence-electron chi connectivity index (χ1n) is 9.76. The summed E-state index contributed by atoms with van der Waals surface area (Å²) in [5.41, 5.74) is 0. The first-order valence-corrected chi connectivity index (χ1v) is 14.1. The van der Waals surface area contributed by atoms with Gasteiger partial charge in [0.05, 0.1) is 25.4 Å². The Morgan fingerprint density at radius 2 is 1.85 bits per heavy atom. The summed E-state index contributed by atoms with van der Waals surface area (Å²) in [5.74, 6) is 0.618. The molecule has 2 rings (SSSR count). The van der Waals surface area contributed by atoms with Gasteiger partial charge in [0.2, 0.25) is 0 Å². The van der Waals surface area contributed by atoms with E-state index in [0.717, 1.165) is 25.8 Å². The number of nitrogens with zero attached hydrogens (tertiary/aromatic N) is 1. The van der Waals surface area contributed by atoms with Crippen molar-refractivity contribution in [1.29, 1.82) is 0 Å². The molecule has 26 heavy (non-hydrogen) atoms. The Labute approximate surface area is 160 Å². The summed E-state index contributed by atoms with van der Waals surface area (Å²) in [6, 6.07) is 0.265. The summed E-state index contributed by atoms with van der Waals surface area (Å²) in [6.45, 7) is 16.4. The van der Waals surface area contributed by atoms with Crippen molar-refractivity contribution in [2.45, 2.75) is 84.2 Å². The van der Waals surface area contributed by atoms with Gasteiger partial charge in [-0.1, -0.05) is 20.8 Å². The van der Waals surface area contributed by atoms with Gasteiger partial charge in [-0.3, -0.25) is 9.05 Å². The van der Waals surface area contributed by atoms with Crippen LogP contribution in [0.25, 0.3) is 0 Å². The topological polar surface area (TPSA) is 57.2 Å². The van der Waals surface area contributed by atoms with E-state index in [9.17, 15) is 4.57 Å². The molecule has 0 aromatic rings.